The molecule has 0 fully saturated rings. The fraction of sp³-hybridized carbons (Fsp3) is 0.333. The van der Waals surface area contributed by atoms with Gasteiger partial charge in [-0.3, -0.25) is 4.79 Å². The van der Waals surface area contributed by atoms with Crippen LogP contribution in [0.25, 0.3) is 0 Å². The largest absolute Gasteiger partial charge is 0.471 e. The highest BCUT2D eigenvalue weighted by atomic mass is 35.5. The maximum Gasteiger partial charge on any atom is 0.260 e. The van der Waals surface area contributed by atoms with E-state index in [1.165, 1.54) is 0 Å². The minimum atomic E-state index is -0.649. The summed E-state index contributed by atoms with van der Waals surface area (Å²) in [5.41, 5.74) is 2.38. The number of amides is 1. The second-order valence-electron chi connectivity index (χ2n) is 6.00. The zero-order valence-corrected chi connectivity index (χ0v) is 14.3. The molecule has 5 nitrogen and oxygen atoms in total. The minimum absolute atomic E-state index is 0.110. The summed E-state index contributed by atoms with van der Waals surface area (Å²) in [6, 6.07) is 9.26. The first-order valence-electron chi connectivity index (χ1n) is 7.82. The zero-order valence-electron chi connectivity index (χ0n) is 13.6. The number of ether oxygens (including phenoxy) is 1. The molecular weight excluding hydrogens is 328 g/mol. The van der Waals surface area contributed by atoms with Crippen LogP contribution in [0.3, 0.4) is 0 Å². The number of hydrogen-bond donors (Lipinski definition) is 1. The Morgan fingerprint density at radius 2 is 2.00 bits per heavy atom. The normalized spacial score (nSPS) is 16.0. The van der Waals surface area contributed by atoms with Crippen molar-refractivity contribution in [3.63, 3.8) is 0 Å². The predicted molar refractivity (Wildman–Crippen MR) is 91.0 cm³/mol. The smallest absolute Gasteiger partial charge is 0.260 e. The molecule has 1 N–H and O–H groups in total. The number of benzene rings is 1. The summed E-state index contributed by atoms with van der Waals surface area (Å²) in [5.74, 6) is 0.172. The lowest BCUT2D eigenvalue weighted by Crippen LogP contribution is -2.27. The molecule has 126 valence electrons. The van der Waals surface area contributed by atoms with E-state index in [0.717, 1.165) is 11.1 Å². The number of pyridine rings is 1. The van der Waals surface area contributed by atoms with Gasteiger partial charge in [0.25, 0.3) is 5.91 Å². The lowest BCUT2D eigenvalue weighted by Gasteiger charge is -2.18. The number of nitrogens with zero attached hydrogens (tertiary/aromatic N) is 2. The van der Waals surface area contributed by atoms with Gasteiger partial charge in [0.15, 0.2) is 0 Å². The Kier molecular flexibility index (Phi) is 4.73. The fourth-order valence-corrected chi connectivity index (χ4v) is 2.70. The van der Waals surface area contributed by atoms with Crippen LogP contribution in [0.2, 0.25) is 5.02 Å². The predicted octanol–water partition coefficient (Wildman–Crippen LogP) is 3.04. The molecule has 1 amide bonds. The number of halogens is 1. The van der Waals surface area contributed by atoms with E-state index < -0.39 is 12.2 Å². The van der Waals surface area contributed by atoms with Gasteiger partial charge in [-0.25, -0.2) is 4.98 Å². The van der Waals surface area contributed by atoms with Crippen LogP contribution in [0.15, 0.2) is 36.5 Å². The van der Waals surface area contributed by atoms with Gasteiger partial charge < -0.3 is 14.7 Å². The van der Waals surface area contributed by atoms with Gasteiger partial charge in [-0.15, -0.1) is 0 Å². The minimum Gasteiger partial charge on any atom is -0.471 e. The van der Waals surface area contributed by atoms with E-state index in [-0.39, 0.29) is 11.8 Å². The highest BCUT2D eigenvalue weighted by Crippen LogP contribution is 2.31. The molecule has 0 saturated heterocycles. The summed E-state index contributed by atoms with van der Waals surface area (Å²) in [6.45, 7) is 4.40. The van der Waals surface area contributed by atoms with Gasteiger partial charge in [-0.1, -0.05) is 23.7 Å². The fourth-order valence-electron chi connectivity index (χ4n) is 2.58. The van der Waals surface area contributed by atoms with Crippen molar-refractivity contribution < 1.29 is 14.6 Å². The maximum absolute atomic E-state index is 12.8. The van der Waals surface area contributed by atoms with E-state index in [4.69, 9.17) is 16.3 Å². The summed E-state index contributed by atoms with van der Waals surface area (Å²) in [6.07, 6.45) is 0.536. The highest BCUT2D eigenvalue weighted by molar-refractivity contribution is 6.30. The Morgan fingerprint density at radius 3 is 2.67 bits per heavy atom. The molecule has 0 spiro atoms. The Hall–Kier alpha value is -2.11. The third-order valence-electron chi connectivity index (χ3n) is 4.13. The van der Waals surface area contributed by atoms with Crippen molar-refractivity contribution in [2.45, 2.75) is 39.1 Å². The van der Waals surface area contributed by atoms with Crippen LogP contribution in [0.1, 0.15) is 35.3 Å². The molecule has 2 aromatic rings. The molecule has 0 radical (unpaired) electrons. The van der Waals surface area contributed by atoms with Crippen LogP contribution in [0.4, 0.5) is 0 Å². The van der Waals surface area contributed by atoms with Crippen molar-refractivity contribution in [3.05, 3.63) is 58.2 Å². The van der Waals surface area contributed by atoms with Crippen molar-refractivity contribution in [2.75, 3.05) is 0 Å². The van der Waals surface area contributed by atoms with Crippen molar-refractivity contribution in [3.8, 4) is 5.88 Å². The molecule has 0 bridgehead atoms. The van der Waals surface area contributed by atoms with Crippen molar-refractivity contribution in [1.29, 1.82) is 0 Å². The number of aromatic nitrogens is 1. The third kappa shape index (κ3) is 3.37. The molecule has 0 aliphatic carbocycles. The van der Waals surface area contributed by atoms with Crippen molar-refractivity contribution in [2.24, 2.45) is 0 Å². The number of aliphatic hydroxyl groups is 1. The van der Waals surface area contributed by atoms with E-state index in [1.807, 2.05) is 30.3 Å². The summed E-state index contributed by atoms with van der Waals surface area (Å²) in [7, 11) is 0. The molecule has 0 saturated carbocycles. The third-order valence-corrected chi connectivity index (χ3v) is 4.38. The number of carbonyl (C=O) groups is 1. The SMILES string of the molecule is C[C@@H](O)[C@@H](C)Oc1nccc2c1C(=O)N(Cc1ccc(Cl)cc1)C2. The molecule has 0 unspecified atom stereocenters. The van der Waals surface area contributed by atoms with Gasteiger partial charge in [0.2, 0.25) is 5.88 Å². The molecule has 1 aromatic heterocycles. The summed E-state index contributed by atoms with van der Waals surface area (Å²) in [4.78, 5) is 18.7. The van der Waals surface area contributed by atoms with Gasteiger partial charge in [-0.05, 0) is 43.2 Å². The van der Waals surface area contributed by atoms with Crippen LogP contribution >= 0.6 is 11.6 Å². The zero-order chi connectivity index (χ0) is 17.3. The molecule has 1 aromatic carbocycles. The van der Waals surface area contributed by atoms with Gasteiger partial charge >= 0.3 is 0 Å². The second-order valence-corrected chi connectivity index (χ2v) is 6.44. The van der Waals surface area contributed by atoms with Crippen molar-refractivity contribution in [1.82, 2.24) is 9.88 Å². The number of rotatable bonds is 5. The van der Waals surface area contributed by atoms with Crippen molar-refractivity contribution >= 4 is 17.5 Å². The highest BCUT2D eigenvalue weighted by Gasteiger charge is 2.32. The van der Waals surface area contributed by atoms with Crippen LogP contribution in [0, 0.1) is 0 Å². The lowest BCUT2D eigenvalue weighted by atomic mass is 10.2. The van der Waals surface area contributed by atoms with Gasteiger partial charge in [0.1, 0.15) is 11.7 Å². The molecular formula is C18H19ClN2O3. The van der Waals surface area contributed by atoms with Gasteiger partial charge in [0, 0.05) is 24.3 Å². The van der Waals surface area contributed by atoms with Crippen LogP contribution in [-0.2, 0) is 13.1 Å². The lowest BCUT2D eigenvalue weighted by molar-refractivity contribution is 0.0554. The number of aliphatic hydroxyl groups excluding tert-OH is 1. The van der Waals surface area contributed by atoms with Crippen LogP contribution in [-0.4, -0.2) is 33.1 Å². The second kappa shape index (κ2) is 6.79. The maximum atomic E-state index is 12.8. The Morgan fingerprint density at radius 1 is 1.29 bits per heavy atom. The van der Waals surface area contributed by atoms with Crippen LogP contribution < -0.4 is 4.74 Å². The first-order valence-corrected chi connectivity index (χ1v) is 8.20. The Balaban J connectivity index is 1.81. The molecule has 2 atom stereocenters. The van der Waals surface area contributed by atoms with E-state index in [0.29, 0.717) is 23.7 Å². The number of carbonyl (C=O) groups excluding carboxylic acids is 1. The monoisotopic (exact) mass is 346 g/mol. The quantitative estimate of drug-likeness (QED) is 0.903. The Labute approximate surface area is 145 Å². The first kappa shape index (κ1) is 16.7. The number of hydrogen-bond acceptors (Lipinski definition) is 4. The van der Waals surface area contributed by atoms with Crippen LogP contribution in [0.5, 0.6) is 5.88 Å². The first-order chi connectivity index (χ1) is 11.5. The molecule has 1 aliphatic rings. The average molecular weight is 347 g/mol. The molecule has 1 aliphatic heterocycles. The summed E-state index contributed by atoms with van der Waals surface area (Å²) >= 11 is 5.90. The van der Waals surface area contributed by atoms with Gasteiger partial charge in [-0.2, -0.15) is 0 Å². The van der Waals surface area contributed by atoms with E-state index >= 15 is 0 Å². The Bertz CT molecular complexity index is 746. The molecule has 6 heteroatoms. The summed E-state index contributed by atoms with van der Waals surface area (Å²) in [5, 5.41) is 10.3. The standard InChI is InChI=1S/C18H19ClN2O3/c1-11(22)12(2)24-17-16-14(7-8-20-17)10-21(18(16)23)9-13-3-5-15(19)6-4-13/h3-8,11-12,22H,9-10H2,1-2H3/t11-,12-/m1/s1. The van der Waals surface area contributed by atoms with E-state index in [9.17, 15) is 9.90 Å². The molecule has 24 heavy (non-hydrogen) atoms. The summed E-state index contributed by atoms with van der Waals surface area (Å²) < 4.78 is 5.68. The topological polar surface area (TPSA) is 62.7 Å². The molecule has 3 rings (SSSR count). The van der Waals surface area contributed by atoms with Gasteiger partial charge in [0.05, 0.1) is 6.10 Å². The van der Waals surface area contributed by atoms with E-state index in [1.54, 1.807) is 24.9 Å². The average Bonchev–Trinajstić information content (AvgIpc) is 2.86. The number of fused-ring (bicyclic) bond motifs is 1. The molecule has 2 heterocycles. The van der Waals surface area contributed by atoms with E-state index in [2.05, 4.69) is 4.98 Å².